The van der Waals surface area contributed by atoms with E-state index in [0.717, 1.165) is 28.2 Å². The fourth-order valence-corrected chi connectivity index (χ4v) is 6.52. The third-order valence-electron chi connectivity index (χ3n) is 5.29. The van der Waals surface area contributed by atoms with Gasteiger partial charge >= 0.3 is 5.97 Å². The number of anilines is 1. The van der Waals surface area contributed by atoms with Crippen LogP contribution < -0.4 is 14.9 Å². The molecule has 0 aliphatic carbocycles. The Balaban J connectivity index is 1.49. The van der Waals surface area contributed by atoms with E-state index >= 15 is 0 Å². The van der Waals surface area contributed by atoms with Crippen molar-refractivity contribution >= 4 is 65.6 Å². The number of fused-ring (bicyclic) bond motifs is 1. The average Bonchev–Trinajstić information content (AvgIpc) is 3.48. The van der Waals surface area contributed by atoms with Crippen LogP contribution in [0.4, 0.5) is 5.13 Å². The van der Waals surface area contributed by atoms with E-state index in [0.29, 0.717) is 28.3 Å². The minimum Gasteiger partial charge on any atom is -0.494 e. The zero-order chi connectivity index (χ0) is 28.7. The molecule has 0 radical (unpaired) electrons. The summed E-state index contributed by atoms with van der Waals surface area (Å²) in [6.07, 6.45) is 0. The van der Waals surface area contributed by atoms with Crippen LogP contribution in [0.2, 0.25) is 0 Å². The van der Waals surface area contributed by atoms with Crippen molar-refractivity contribution < 1.29 is 32.3 Å². The van der Waals surface area contributed by atoms with Crippen molar-refractivity contribution in [1.82, 2.24) is 9.55 Å². The van der Waals surface area contributed by atoms with Gasteiger partial charge in [-0.25, -0.2) is 13.4 Å². The molecule has 0 saturated heterocycles. The Morgan fingerprint density at radius 2 is 1.82 bits per heavy atom. The standard InChI is InChI=1S/C26H26N4O7S3/c1-3-36-18-10-11-20-21(12-18)39-26(30(20)13-24(33)37-4-2)29-23(32)16-40(34,35)15-22(31)28-25-27-19(14-38-25)17-8-6-5-7-9-17/h5-12,14H,3-4,13,15-16H2,1-2H3,(H,27,28,31). The van der Waals surface area contributed by atoms with Gasteiger partial charge in [-0.05, 0) is 32.0 Å². The van der Waals surface area contributed by atoms with E-state index in [1.54, 1.807) is 30.5 Å². The van der Waals surface area contributed by atoms with E-state index in [4.69, 9.17) is 9.47 Å². The average molecular weight is 603 g/mol. The van der Waals surface area contributed by atoms with Crippen LogP contribution in [0.1, 0.15) is 13.8 Å². The molecule has 1 N–H and O–H groups in total. The first kappa shape index (κ1) is 29.1. The van der Waals surface area contributed by atoms with E-state index < -0.39 is 39.1 Å². The van der Waals surface area contributed by atoms with Gasteiger partial charge in [0.2, 0.25) is 5.91 Å². The van der Waals surface area contributed by atoms with Gasteiger partial charge in [-0.1, -0.05) is 41.7 Å². The molecule has 2 aromatic carbocycles. The van der Waals surface area contributed by atoms with E-state index in [9.17, 15) is 22.8 Å². The van der Waals surface area contributed by atoms with Gasteiger partial charge in [-0.15, -0.1) is 11.3 Å². The summed E-state index contributed by atoms with van der Waals surface area (Å²) in [6.45, 7) is 3.93. The smallest absolute Gasteiger partial charge is 0.326 e. The minimum atomic E-state index is -4.15. The van der Waals surface area contributed by atoms with E-state index in [-0.39, 0.29) is 23.1 Å². The minimum absolute atomic E-state index is 0.123. The van der Waals surface area contributed by atoms with Crippen LogP contribution in [0.3, 0.4) is 0 Å². The number of carbonyl (C=O) groups is 3. The van der Waals surface area contributed by atoms with Crippen molar-refractivity contribution in [1.29, 1.82) is 0 Å². The Morgan fingerprint density at radius 1 is 1.05 bits per heavy atom. The maximum absolute atomic E-state index is 12.7. The number of rotatable bonds is 11. The number of hydrogen-bond donors (Lipinski definition) is 1. The highest BCUT2D eigenvalue weighted by atomic mass is 32.2. The molecule has 2 heterocycles. The maximum Gasteiger partial charge on any atom is 0.326 e. The van der Waals surface area contributed by atoms with Gasteiger partial charge in [-0.2, -0.15) is 4.99 Å². The fraction of sp³-hybridized carbons (Fsp3) is 0.269. The number of ether oxygens (including phenoxy) is 2. The summed E-state index contributed by atoms with van der Waals surface area (Å²) in [5, 5.41) is 4.46. The number of nitrogens with zero attached hydrogens (tertiary/aromatic N) is 3. The quantitative estimate of drug-likeness (QED) is 0.258. The number of carbonyl (C=O) groups excluding carboxylic acids is 3. The SMILES string of the molecule is CCOC(=O)Cn1c(=NC(=O)CS(=O)(=O)CC(=O)Nc2nc(-c3ccccc3)cs2)sc2cc(OCC)ccc21. The predicted octanol–water partition coefficient (Wildman–Crippen LogP) is 3.27. The molecule has 210 valence electrons. The molecule has 0 bridgehead atoms. The summed E-state index contributed by atoms with van der Waals surface area (Å²) >= 11 is 2.26. The highest BCUT2D eigenvalue weighted by Gasteiger charge is 2.22. The van der Waals surface area contributed by atoms with Crippen molar-refractivity contribution in [2.75, 3.05) is 30.0 Å². The fourth-order valence-electron chi connectivity index (χ4n) is 3.69. The van der Waals surface area contributed by atoms with Crippen LogP contribution >= 0.6 is 22.7 Å². The molecule has 2 aromatic heterocycles. The molecule has 0 spiro atoms. The van der Waals surface area contributed by atoms with Gasteiger partial charge in [0.25, 0.3) is 5.91 Å². The largest absolute Gasteiger partial charge is 0.494 e. The molecule has 0 saturated carbocycles. The van der Waals surface area contributed by atoms with Gasteiger partial charge in [0, 0.05) is 10.9 Å². The maximum atomic E-state index is 12.7. The molecule has 4 aromatic rings. The second kappa shape index (κ2) is 13.0. The number of thiazole rings is 2. The van der Waals surface area contributed by atoms with Crippen molar-refractivity contribution in [2.24, 2.45) is 4.99 Å². The Hall–Kier alpha value is -3.88. The lowest BCUT2D eigenvalue weighted by Crippen LogP contribution is -2.28. The highest BCUT2D eigenvalue weighted by molar-refractivity contribution is 7.92. The molecule has 2 amide bonds. The Morgan fingerprint density at radius 3 is 2.55 bits per heavy atom. The summed E-state index contributed by atoms with van der Waals surface area (Å²) in [7, 11) is -4.15. The molecule has 0 aliphatic rings. The zero-order valence-electron chi connectivity index (χ0n) is 21.7. The van der Waals surface area contributed by atoms with Gasteiger partial charge in [0.15, 0.2) is 19.8 Å². The monoisotopic (exact) mass is 602 g/mol. The number of hydrogen-bond acceptors (Lipinski definition) is 10. The van der Waals surface area contributed by atoms with Crippen molar-refractivity contribution in [2.45, 2.75) is 20.4 Å². The lowest BCUT2D eigenvalue weighted by Gasteiger charge is -2.06. The van der Waals surface area contributed by atoms with Crippen molar-refractivity contribution in [3.63, 3.8) is 0 Å². The molecule has 0 aliphatic heterocycles. The first-order chi connectivity index (χ1) is 19.2. The van der Waals surface area contributed by atoms with Crippen LogP contribution in [0.5, 0.6) is 5.75 Å². The van der Waals surface area contributed by atoms with E-state index in [1.165, 1.54) is 4.57 Å². The highest BCUT2D eigenvalue weighted by Crippen LogP contribution is 2.25. The number of benzene rings is 2. The summed E-state index contributed by atoms with van der Waals surface area (Å²) in [5.74, 6) is -3.62. The molecular weight excluding hydrogens is 577 g/mol. The number of amides is 2. The Labute approximate surface area is 238 Å². The molecule has 40 heavy (non-hydrogen) atoms. The molecule has 0 unspecified atom stereocenters. The lowest BCUT2D eigenvalue weighted by atomic mass is 10.2. The van der Waals surface area contributed by atoms with Gasteiger partial charge < -0.3 is 19.4 Å². The number of aromatic nitrogens is 2. The van der Waals surface area contributed by atoms with E-state index in [1.807, 2.05) is 37.3 Å². The topological polar surface area (TPSA) is 146 Å². The van der Waals surface area contributed by atoms with Crippen LogP contribution in [0, 0.1) is 0 Å². The number of sulfone groups is 1. The van der Waals surface area contributed by atoms with Gasteiger partial charge in [-0.3, -0.25) is 14.4 Å². The first-order valence-electron chi connectivity index (χ1n) is 12.2. The number of nitrogens with one attached hydrogen (secondary N) is 1. The van der Waals surface area contributed by atoms with Crippen LogP contribution in [0.15, 0.2) is 58.9 Å². The molecule has 0 atom stereocenters. The van der Waals surface area contributed by atoms with Crippen LogP contribution in [0.25, 0.3) is 21.5 Å². The summed E-state index contributed by atoms with van der Waals surface area (Å²) in [4.78, 5) is 45.7. The molecule has 4 rings (SSSR count). The van der Waals surface area contributed by atoms with Gasteiger partial charge in [0.05, 0.1) is 29.1 Å². The summed E-state index contributed by atoms with van der Waals surface area (Å²) in [6, 6.07) is 14.5. The molecule has 11 nitrogen and oxygen atoms in total. The summed E-state index contributed by atoms with van der Waals surface area (Å²) < 4.78 is 38.0. The third-order valence-corrected chi connectivity index (χ3v) is 8.48. The van der Waals surface area contributed by atoms with Crippen LogP contribution in [-0.4, -0.2) is 60.5 Å². The third kappa shape index (κ3) is 7.61. The molecule has 14 heteroatoms. The number of esters is 1. The Kier molecular flexibility index (Phi) is 9.45. The predicted molar refractivity (Wildman–Crippen MR) is 153 cm³/mol. The molecule has 0 fully saturated rings. The lowest BCUT2D eigenvalue weighted by molar-refractivity contribution is -0.143. The first-order valence-corrected chi connectivity index (χ1v) is 15.7. The normalized spacial score (nSPS) is 11.9. The summed E-state index contributed by atoms with van der Waals surface area (Å²) in [5.41, 5.74) is 2.11. The second-order valence-corrected chi connectivity index (χ2v) is 12.3. The van der Waals surface area contributed by atoms with E-state index in [2.05, 4.69) is 15.3 Å². The second-order valence-electron chi connectivity index (χ2n) is 8.33. The van der Waals surface area contributed by atoms with Crippen molar-refractivity contribution in [3.05, 3.63) is 58.7 Å². The molecular formula is C26H26N4O7S3. The van der Waals surface area contributed by atoms with Crippen LogP contribution in [-0.2, 0) is 35.5 Å². The Bertz CT molecular complexity index is 1710. The van der Waals surface area contributed by atoms with Crippen molar-refractivity contribution in [3.8, 4) is 17.0 Å². The van der Waals surface area contributed by atoms with Gasteiger partial charge in [0.1, 0.15) is 23.8 Å². The zero-order valence-corrected chi connectivity index (χ0v) is 24.1.